The number of anilines is 1. The minimum absolute atomic E-state index is 0.0702. The van der Waals surface area contributed by atoms with Gasteiger partial charge in [0, 0.05) is 31.3 Å². The molecule has 1 amide bonds. The normalized spacial score (nSPS) is 13.5. The van der Waals surface area contributed by atoms with Crippen molar-refractivity contribution in [3.63, 3.8) is 0 Å². The van der Waals surface area contributed by atoms with Gasteiger partial charge < -0.3 is 10.2 Å². The average Bonchev–Trinajstić information content (AvgIpc) is 3.30. The lowest BCUT2D eigenvalue weighted by molar-refractivity contribution is 0.0787. The third kappa shape index (κ3) is 4.59. The van der Waals surface area contributed by atoms with Crippen LogP contribution in [0.2, 0.25) is 0 Å². The monoisotopic (exact) mass is 390 g/mol. The van der Waals surface area contributed by atoms with Gasteiger partial charge >= 0.3 is 0 Å². The summed E-state index contributed by atoms with van der Waals surface area (Å²) >= 11 is 0. The van der Waals surface area contributed by atoms with Crippen LogP contribution in [0.1, 0.15) is 28.9 Å². The predicted octanol–water partition coefficient (Wildman–Crippen LogP) is 4.17. The van der Waals surface area contributed by atoms with Crippen LogP contribution in [0.25, 0.3) is 11.4 Å². The van der Waals surface area contributed by atoms with E-state index in [4.69, 9.17) is 0 Å². The maximum absolute atomic E-state index is 13.8. The van der Waals surface area contributed by atoms with Gasteiger partial charge in [0.15, 0.2) is 5.82 Å². The van der Waals surface area contributed by atoms with Gasteiger partial charge in [-0.1, -0.05) is 48.5 Å². The average molecular weight is 390 g/mol. The first-order valence-electron chi connectivity index (χ1n) is 9.92. The third-order valence-electron chi connectivity index (χ3n) is 5.03. The van der Waals surface area contributed by atoms with Crippen molar-refractivity contribution in [1.29, 1.82) is 0 Å². The van der Waals surface area contributed by atoms with Crippen LogP contribution in [0.4, 0.5) is 10.2 Å². The highest BCUT2D eigenvalue weighted by Crippen LogP contribution is 2.20. The molecule has 4 rings (SSSR count). The number of likely N-dealkylation sites (tertiary alicyclic amines) is 1. The number of hydrogen-bond acceptors (Lipinski definition) is 4. The molecule has 6 heteroatoms. The van der Waals surface area contributed by atoms with Crippen molar-refractivity contribution in [3.05, 3.63) is 77.7 Å². The largest absolute Gasteiger partial charge is 0.370 e. The number of hydrogen-bond donors (Lipinski definition) is 1. The van der Waals surface area contributed by atoms with Gasteiger partial charge in [0.1, 0.15) is 17.3 Å². The molecular formula is C23H23FN4O. The number of aromatic nitrogens is 2. The minimum Gasteiger partial charge on any atom is -0.370 e. The molecule has 2 aromatic carbocycles. The van der Waals surface area contributed by atoms with Crippen LogP contribution in [-0.4, -0.2) is 40.4 Å². The first-order chi connectivity index (χ1) is 14.2. The van der Waals surface area contributed by atoms with E-state index in [0.29, 0.717) is 35.9 Å². The summed E-state index contributed by atoms with van der Waals surface area (Å²) in [4.78, 5) is 23.8. The SMILES string of the molecule is O=C(c1cc(NCCc2ccccc2F)nc(-c2ccccc2)n1)N1CCCC1. The molecule has 3 aromatic rings. The molecule has 0 atom stereocenters. The molecule has 0 aliphatic carbocycles. The van der Waals surface area contributed by atoms with Gasteiger partial charge in [-0.3, -0.25) is 4.79 Å². The maximum Gasteiger partial charge on any atom is 0.272 e. The van der Waals surface area contributed by atoms with E-state index in [1.807, 2.05) is 41.3 Å². The summed E-state index contributed by atoms with van der Waals surface area (Å²) < 4.78 is 13.8. The molecule has 0 saturated carbocycles. The zero-order valence-corrected chi connectivity index (χ0v) is 16.1. The summed E-state index contributed by atoms with van der Waals surface area (Å²) in [7, 11) is 0. The molecule has 0 unspecified atom stereocenters. The molecule has 5 nitrogen and oxygen atoms in total. The number of carbonyl (C=O) groups is 1. The number of rotatable bonds is 6. The summed E-state index contributed by atoms with van der Waals surface area (Å²) in [6.07, 6.45) is 2.57. The smallest absolute Gasteiger partial charge is 0.272 e. The molecule has 1 aromatic heterocycles. The fourth-order valence-electron chi connectivity index (χ4n) is 3.47. The van der Waals surface area contributed by atoms with E-state index in [1.54, 1.807) is 18.2 Å². The van der Waals surface area contributed by atoms with Crippen molar-refractivity contribution in [2.24, 2.45) is 0 Å². The Labute approximate surface area is 169 Å². The van der Waals surface area contributed by atoms with Gasteiger partial charge in [0.25, 0.3) is 5.91 Å². The van der Waals surface area contributed by atoms with Gasteiger partial charge in [0.2, 0.25) is 0 Å². The molecule has 148 valence electrons. The second-order valence-electron chi connectivity index (χ2n) is 7.10. The Balaban J connectivity index is 1.57. The summed E-state index contributed by atoms with van der Waals surface area (Å²) in [5.74, 6) is 0.785. The third-order valence-corrected chi connectivity index (χ3v) is 5.03. The zero-order chi connectivity index (χ0) is 20.1. The highest BCUT2D eigenvalue weighted by Gasteiger charge is 2.22. The van der Waals surface area contributed by atoms with Gasteiger partial charge in [-0.05, 0) is 30.9 Å². The number of amides is 1. The van der Waals surface area contributed by atoms with Crippen molar-refractivity contribution in [3.8, 4) is 11.4 Å². The number of carbonyl (C=O) groups excluding carboxylic acids is 1. The summed E-state index contributed by atoms with van der Waals surface area (Å²) in [5.41, 5.74) is 1.88. The van der Waals surface area contributed by atoms with Crippen molar-refractivity contribution >= 4 is 11.7 Å². The van der Waals surface area contributed by atoms with Crippen molar-refractivity contribution in [2.75, 3.05) is 25.0 Å². The fraction of sp³-hybridized carbons (Fsp3) is 0.261. The van der Waals surface area contributed by atoms with Crippen LogP contribution >= 0.6 is 0 Å². The lowest BCUT2D eigenvalue weighted by Gasteiger charge is -2.16. The Morgan fingerprint density at radius 2 is 1.72 bits per heavy atom. The van der Waals surface area contributed by atoms with Gasteiger partial charge in [-0.2, -0.15) is 0 Å². The molecule has 29 heavy (non-hydrogen) atoms. The van der Waals surface area contributed by atoms with E-state index in [0.717, 1.165) is 31.5 Å². The van der Waals surface area contributed by atoms with Crippen LogP contribution in [0, 0.1) is 5.82 Å². The molecule has 1 N–H and O–H groups in total. The van der Waals surface area contributed by atoms with Gasteiger partial charge in [-0.15, -0.1) is 0 Å². The summed E-state index contributed by atoms with van der Waals surface area (Å²) in [5, 5.41) is 3.23. The second kappa shape index (κ2) is 8.82. The molecule has 1 aliphatic heterocycles. The van der Waals surface area contributed by atoms with Crippen LogP contribution in [0.15, 0.2) is 60.7 Å². The highest BCUT2D eigenvalue weighted by molar-refractivity contribution is 5.93. The molecule has 2 heterocycles. The lowest BCUT2D eigenvalue weighted by Crippen LogP contribution is -2.28. The maximum atomic E-state index is 13.8. The number of nitrogens with zero attached hydrogens (tertiary/aromatic N) is 3. The quantitative estimate of drug-likeness (QED) is 0.686. The number of halogens is 1. The van der Waals surface area contributed by atoms with E-state index >= 15 is 0 Å². The molecule has 1 aliphatic rings. The van der Waals surface area contributed by atoms with E-state index in [9.17, 15) is 9.18 Å². The highest BCUT2D eigenvalue weighted by atomic mass is 19.1. The molecule has 1 fully saturated rings. The van der Waals surface area contributed by atoms with Gasteiger partial charge in [0.05, 0.1) is 0 Å². The Bertz CT molecular complexity index is 987. The van der Waals surface area contributed by atoms with E-state index in [2.05, 4.69) is 15.3 Å². The van der Waals surface area contributed by atoms with Crippen LogP contribution in [-0.2, 0) is 6.42 Å². The Morgan fingerprint density at radius 3 is 2.48 bits per heavy atom. The van der Waals surface area contributed by atoms with Crippen molar-refractivity contribution in [1.82, 2.24) is 14.9 Å². The van der Waals surface area contributed by atoms with Gasteiger partial charge in [-0.25, -0.2) is 14.4 Å². The first kappa shape index (κ1) is 19.1. The topological polar surface area (TPSA) is 58.1 Å². The second-order valence-corrected chi connectivity index (χ2v) is 7.10. The minimum atomic E-state index is -0.216. The first-order valence-corrected chi connectivity index (χ1v) is 9.92. The number of nitrogens with one attached hydrogen (secondary N) is 1. The van der Waals surface area contributed by atoms with Crippen LogP contribution < -0.4 is 5.32 Å². The summed E-state index contributed by atoms with van der Waals surface area (Å²) in [6, 6.07) is 18.0. The standard InChI is InChI=1S/C23H23FN4O/c24-19-11-5-4-8-17(19)12-13-25-21-16-20(23(29)28-14-6-7-15-28)26-22(27-21)18-9-2-1-3-10-18/h1-5,8-11,16H,6-7,12-15H2,(H,25,26,27). The molecule has 0 bridgehead atoms. The predicted molar refractivity (Wildman–Crippen MR) is 111 cm³/mol. The Hall–Kier alpha value is -3.28. The van der Waals surface area contributed by atoms with E-state index < -0.39 is 0 Å². The number of benzene rings is 2. The molecule has 0 radical (unpaired) electrons. The molecular weight excluding hydrogens is 367 g/mol. The lowest BCUT2D eigenvalue weighted by atomic mass is 10.1. The fourth-order valence-corrected chi connectivity index (χ4v) is 3.47. The molecule has 1 saturated heterocycles. The van der Waals surface area contributed by atoms with Crippen molar-refractivity contribution < 1.29 is 9.18 Å². The summed E-state index contributed by atoms with van der Waals surface area (Å²) in [6.45, 7) is 2.03. The Kier molecular flexibility index (Phi) is 5.79. The van der Waals surface area contributed by atoms with Crippen LogP contribution in [0.5, 0.6) is 0 Å². The zero-order valence-electron chi connectivity index (χ0n) is 16.1. The Morgan fingerprint density at radius 1 is 1.00 bits per heavy atom. The van der Waals surface area contributed by atoms with E-state index in [1.165, 1.54) is 6.07 Å². The molecule has 0 spiro atoms. The van der Waals surface area contributed by atoms with Crippen molar-refractivity contribution in [2.45, 2.75) is 19.3 Å². The van der Waals surface area contributed by atoms with Crippen LogP contribution in [0.3, 0.4) is 0 Å². The van der Waals surface area contributed by atoms with E-state index in [-0.39, 0.29) is 11.7 Å².